The molecule has 1 spiro atoms. The minimum absolute atomic E-state index is 0.0878. The van der Waals surface area contributed by atoms with Gasteiger partial charge in [-0.15, -0.1) is 0 Å². The third kappa shape index (κ3) is 5.60. The normalized spacial score (nSPS) is 28.0. The Labute approximate surface area is 213 Å². The molecule has 4 atom stereocenters. The highest BCUT2D eigenvalue weighted by Crippen LogP contribution is 2.42. The minimum Gasteiger partial charge on any atom is -0.444 e. The predicted octanol–water partition coefficient (Wildman–Crippen LogP) is 2.08. The summed E-state index contributed by atoms with van der Waals surface area (Å²) in [5.41, 5.74) is -1.66. The summed E-state index contributed by atoms with van der Waals surface area (Å²) in [5, 5.41) is 15.3. The Bertz CT molecular complexity index is 936. The van der Waals surface area contributed by atoms with Crippen molar-refractivity contribution in [3.05, 3.63) is 0 Å². The molecule has 4 rings (SSSR count). The molecular weight excluding hydrogens is 462 g/mol. The number of hydrogen-bond donors (Lipinski definition) is 2. The lowest BCUT2D eigenvalue weighted by molar-refractivity contribution is -0.146. The van der Waals surface area contributed by atoms with Crippen molar-refractivity contribution in [1.29, 1.82) is 5.26 Å². The van der Waals surface area contributed by atoms with Gasteiger partial charge >= 0.3 is 6.09 Å². The first-order valence-corrected chi connectivity index (χ1v) is 13.3. The van der Waals surface area contributed by atoms with Crippen LogP contribution in [0.1, 0.15) is 78.6 Å². The molecule has 3 aliphatic heterocycles. The minimum atomic E-state index is -0.987. The molecule has 3 saturated heterocycles. The smallest absolute Gasteiger partial charge is 0.411 e. The quantitative estimate of drug-likeness (QED) is 0.549. The highest BCUT2D eigenvalue weighted by atomic mass is 16.6. The van der Waals surface area contributed by atoms with Crippen molar-refractivity contribution in [2.45, 2.75) is 102 Å². The number of carbonyl (C=O) groups is 4. The van der Waals surface area contributed by atoms with E-state index in [1.807, 2.05) is 0 Å². The highest BCUT2D eigenvalue weighted by Gasteiger charge is 2.56. The lowest BCUT2D eigenvalue weighted by Gasteiger charge is -2.43. The molecule has 0 aromatic rings. The summed E-state index contributed by atoms with van der Waals surface area (Å²) < 4.78 is 5.64. The summed E-state index contributed by atoms with van der Waals surface area (Å²) in [6, 6.07) is 0.629. The van der Waals surface area contributed by atoms with Gasteiger partial charge in [0.15, 0.2) is 0 Å². The molecule has 4 amide bonds. The predicted molar refractivity (Wildman–Crippen MR) is 130 cm³/mol. The van der Waals surface area contributed by atoms with Gasteiger partial charge in [-0.3, -0.25) is 19.3 Å². The first-order chi connectivity index (χ1) is 17.0. The molecular formula is C26H39N5O5. The third-order valence-electron chi connectivity index (χ3n) is 7.87. The summed E-state index contributed by atoms with van der Waals surface area (Å²) in [4.78, 5) is 55.7. The average molecular weight is 502 g/mol. The number of ether oxygens (including phenoxy) is 1. The van der Waals surface area contributed by atoms with Crippen LogP contribution in [0, 0.1) is 23.2 Å². The fourth-order valence-electron chi connectivity index (χ4n) is 5.79. The summed E-state index contributed by atoms with van der Waals surface area (Å²) in [6.45, 7) is 6.83. The number of piperidine rings is 1. The van der Waals surface area contributed by atoms with Crippen LogP contribution < -0.4 is 10.6 Å². The largest absolute Gasteiger partial charge is 0.444 e. The highest BCUT2D eigenvalue weighted by molar-refractivity contribution is 5.96. The van der Waals surface area contributed by atoms with E-state index in [2.05, 4.69) is 16.7 Å². The van der Waals surface area contributed by atoms with Gasteiger partial charge in [0.05, 0.1) is 6.07 Å². The van der Waals surface area contributed by atoms with E-state index in [-0.39, 0.29) is 30.1 Å². The van der Waals surface area contributed by atoms with Crippen LogP contribution in [0.15, 0.2) is 0 Å². The zero-order valence-electron chi connectivity index (χ0n) is 21.7. The molecule has 4 fully saturated rings. The van der Waals surface area contributed by atoms with Crippen molar-refractivity contribution >= 4 is 23.8 Å². The number of amides is 4. The molecule has 1 saturated carbocycles. The maximum Gasteiger partial charge on any atom is 0.411 e. The summed E-state index contributed by atoms with van der Waals surface area (Å²) in [7, 11) is 0. The third-order valence-corrected chi connectivity index (χ3v) is 7.87. The van der Waals surface area contributed by atoms with Crippen LogP contribution in [-0.4, -0.2) is 76.5 Å². The van der Waals surface area contributed by atoms with Crippen LogP contribution in [0.5, 0.6) is 0 Å². The second-order valence-electron chi connectivity index (χ2n) is 11.8. The van der Waals surface area contributed by atoms with E-state index in [4.69, 9.17) is 4.74 Å². The van der Waals surface area contributed by atoms with Gasteiger partial charge in [-0.1, -0.05) is 12.8 Å². The zero-order chi connectivity index (χ0) is 26.1. The van der Waals surface area contributed by atoms with E-state index < -0.39 is 29.3 Å². The van der Waals surface area contributed by atoms with Gasteiger partial charge in [-0.2, -0.15) is 5.26 Å². The van der Waals surface area contributed by atoms with E-state index in [9.17, 15) is 24.4 Å². The van der Waals surface area contributed by atoms with Crippen LogP contribution in [0.3, 0.4) is 0 Å². The Morgan fingerprint density at radius 3 is 2.53 bits per heavy atom. The van der Waals surface area contributed by atoms with Gasteiger partial charge in [0.1, 0.15) is 23.2 Å². The second-order valence-corrected chi connectivity index (χ2v) is 11.8. The Morgan fingerprint density at radius 2 is 1.92 bits per heavy atom. The molecule has 0 radical (unpaired) electrons. The molecule has 36 heavy (non-hydrogen) atoms. The SMILES string of the molecule is CC(C)(C)OC(=O)N1CCCC[C@]12CCN([C@H](CC1CC1)C(=O)N[C@H](C#N)C[C@@H]1CCNC1=O)C2=O. The first kappa shape index (κ1) is 26.2. The monoisotopic (exact) mass is 501 g/mol. The Hall–Kier alpha value is -2.83. The van der Waals surface area contributed by atoms with Gasteiger partial charge in [0.2, 0.25) is 17.7 Å². The molecule has 0 aromatic heterocycles. The number of likely N-dealkylation sites (tertiary alicyclic amines) is 2. The molecule has 4 aliphatic rings. The summed E-state index contributed by atoms with van der Waals surface area (Å²) in [5.74, 6) is -0.553. The molecule has 0 bridgehead atoms. The van der Waals surface area contributed by atoms with E-state index in [1.165, 1.54) is 0 Å². The fraction of sp³-hybridized carbons (Fsp3) is 0.808. The summed E-state index contributed by atoms with van der Waals surface area (Å²) >= 11 is 0. The van der Waals surface area contributed by atoms with E-state index in [0.717, 1.165) is 25.7 Å². The maximum absolute atomic E-state index is 14.0. The Balaban J connectivity index is 1.50. The molecule has 10 heteroatoms. The molecule has 0 unspecified atom stereocenters. The van der Waals surface area contributed by atoms with Crippen molar-refractivity contribution in [3.8, 4) is 6.07 Å². The number of nitrogens with zero attached hydrogens (tertiary/aromatic N) is 3. The van der Waals surface area contributed by atoms with Crippen LogP contribution in [0.4, 0.5) is 4.79 Å². The number of nitrogens with one attached hydrogen (secondary N) is 2. The number of rotatable bonds is 7. The van der Waals surface area contributed by atoms with Crippen molar-refractivity contribution in [3.63, 3.8) is 0 Å². The second kappa shape index (κ2) is 10.3. The molecule has 2 N–H and O–H groups in total. The van der Waals surface area contributed by atoms with Crippen LogP contribution in [0.25, 0.3) is 0 Å². The number of hydrogen-bond acceptors (Lipinski definition) is 6. The van der Waals surface area contributed by atoms with E-state index >= 15 is 0 Å². The lowest BCUT2D eigenvalue weighted by atomic mass is 9.85. The molecule has 10 nitrogen and oxygen atoms in total. The Morgan fingerprint density at radius 1 is 1.17 bits per heavy atom. The van der Waals surface area contributed by atoms with Crippen molar-refractivity contribution < 1.29 is 23.9 Å². The zero-order valence-corrected chi connectivity index (χ0v) is 21.7. The molecule has 1 aliphatic carbocycles. The van der Waals surface area contributed by atoms with Gasteiger partial charge in [-0.25, -0.2) is 4.79 Å². The summed E-state index contributed by atoms with van der Waals surface area (Å²) in [6.07, 6.45) is 5.65. The number of carbonyl (C=O) groups excluding carboxylic acids is 4. The van der Waals surface area contributed by atoms with Crippen LogP contribution in [0.2, 0.25) is 0 Å². The lowest BCUT2D eigenvalue weighted by Crippen LogP contribution is -2.61. The van der Waals surface area contributed by atoms with Gasteiger partial charge in [0, 0.05) is 25.6 Å². The average Bonchev–Trinajstić information content (AvgIpc) is 3.48. The van der Waals surface area contributed by atoms with E-state index in [1.54, 1.807) is 30.6 Å². The van der Waals surface area contributed by atoms with Crippen molar-refractivity contribution in [2.75, 3.05) is 19.6 Å². The standard InChI is InChI=1S/C26H39N5O5/c1-25(2,3)36-24(35)31-12-5-4-9-26(31)10-13-30(23(26)34)20(14-17-6-7-17)22(33)29-19(16-27)15-18-8-11-28-21(18)32/h17-20H,4-15H2,1-3H3,(H,28,32)(H,29,33)/t18-,19-,20+,26+/m0/s1. The maximum atomic E-state index is 14.0. The number of nitriles is 1. The fourth-order valence-corrected chi connectivity index (χ4v) is 5.79. The first-order valence-electron chi connectivity index (χ1n) is 13.3. The van der Waals surface area contributed by atoms with Gasteiger partial charge in [0.25, 0.3) is 0 Å². The molecule has 0 aromatic carbocycles. The van der Waals surface area contributed by atoms with Crippen molar-refractivity contribution in [2.24, 2.45) is 11.8 Å². The molecule has 3 heterocycles. The Kier molecular flexibility index (Phi) is 7.48. The topological polar surface area (TPSA) is 132 Å². The van der Waals surface area contributed by atoms with Crippen molar-refractivity contribution in [1.82, 2.24) is 20.4 Å². The van der Waals surface area contributed by atoms with Gasteiger partial charge < -0.3 is 20.3 Å². The van der Waals surface area contributed by atoms with E-state index in [0.29, 0.717) is 51.2 Å². The van der Waals surface area contributed by atoms with Gasteiger partial charge in [-0.05, 0) is 71.6 Å². The van der Waals surface area contributed by atoms with Crippen LogP contribution >= 0.6 is 0 Å². The molecule has 198 valence electrons. The van der Waals surface area contributed by atoms with Crippen LogP contribution in [-0.2, 0) is 19.1 Å².